The highest BCUT2D eigenvalue weighted by molar-refractivity contribution is 6.20. The number of hydrogen-bond donors (Lipinski definition) is 1. The van der Waals surface area contributed by atoms with E-state index < -0.39 is 0 Å². The van der Waals surface area contributed by atoms with Gasteiger partial charge >= 0.3 is 0 Å². The lowest BCUT2D eigenvalue weighted by atomic mass is 10.2. The van der Waals surface area contributed by atoms with Crippen molar-refractivity contribution in [2.75, 3.05) is 11.9 Å². The molecule has 2 heterocycles. The van der Waals surface area contributed by atoms with E-state index in [-0.39, 0.29) is 11.6 Å². The summed E-state index contributed by atoms with van der Waals surface area (Å²) in [6.07, 6.45) is 3.48. The van der Waals surface area contributed by atoms with Crippen LogP contribution < -0.4 is 5.32 Å². The van der Waals surface area contributed by atoms with E-state index in [1.54, 1.807) is 12.4 Å². The van der Waals surface area contributed by atoms with Gasteiger partial charge < -0.3 is 10.1 Å². The average molecular weight is 185 g/mol. The molecule has 1 aliphatic heterocycles. The van der Waals surface area contributed by atoms with Crippen molar-refractivity contribution in [2.24, 2.45) is 0 Å². The molecular formula is C8H9ClN2O. The highest BCUT2D eigenvalue weighted by Crippen LogP contribution is 2.20. The fraction of sp³-hybridized carbons (Fsp3) is 0.375. The average Bonchev–Trinajstić information content (AvgIpc) is 2.14. The molecule has 1 fully saturated rings. The number of halogens is 1. The summed E-state index contributed by atoms with van der Waals surface area (Å²) in [5.74, 6) is 0. The molecule has 1 saturated heterocycles. The van der Waals surface area contributed by atoms with E-state index in [1.807, 2.05) is 12.1 Å². The molecule has 3 nitrogen and oxygen atoms in total. The van der Waals surface area contributed by atoms with Crippen molar-refractivity contribution in [3.63, 3.8) is 0 Å². The number of hydrogen-bond acceptors (Lipinski definition) is 3. The van der Waals surface area contributed by atoms with Crippen LogP contribution in [-0.2, 0) is 4.74 Å². The first-order valence-corrected chi connectivity index (χ1v) is 4.22. The summed E-state index contributed by atoms with van der Waals surface area (Å²) >= 11 is 5.76. The summed E-state index contributed by atoms with van der Waals surface area (Å²) in [7, 11) is 0. The van der Waals surface area contributed by atoms with Crippen LogP contribution in [0.4, 0.5) is 5.69 Å². The highest BCUT2D eigenvalue weighted by Gasteiger charge is 2.29. The van der Waals surface area contributed by atoms with Gasteiger partial charge in [-0.15, -0.1) is 0 Å². The second-order valence-electron chi connectivity index (χ2n) is 2.67. The Kier molecular flexibility index (Phi) is 2.15. The molecule has 12 heavy (non-hydrogen) atoms. The number of ether oxygens (including phenoxy) is 1. The molecule has 2 atom stereocenters. The molecule has 64 valence electrons. The van der Waals surface area contributed by atoms with Crippen LogP contribution in [0.5, 0.6) is 0 Å². The Morgan fingerprint density at radius 1 is 1.50 bits per heavy atom. The van der Waals surface area contributed by atoms with Gasteiger partial charge in [-0.25, -0.2) is 0 Å². The van der Waals surface area contributed by atoms with Gasteiger partial charge in [0, 0.05) is 18.1 Å². The molecule has 0 amide bonds. The standard InChI is InChI=1S/C8H9ClN2O/c9-8-7(5-12-8)11-6-1-3-10-4-2-6/h1-4,7-8H,5H2,(H,10,11). The highest BCUT2D eigenvalue weighted by atomic mass is 35.5. The van der Waals surface area contributed by atoms with Crippen LogP contribution in [0, 0.1) is 0 Å². The van der Waals surface area contributed by atoms with Gasteiger partial charge in [0.15, 0.2) is 5.56 Å². The van der Waals surface area contributed by atoms with E-state index in [0.717, 1.165) is 5.69 Å². The van der Waals surface area contributed by atoms with E-state index in [2.05, 4.69) is 10.3 Å². The van der Waals surface area contributed by atoms with Gasteiger partial charge in [-0.2, -0.15) is 0 Å². The van der Waals surface area contributed by atoms with Gasteiger partial charge in [0.1, 0.15) is 0 Å². The molecule has 0 spiro atoms. The molecule has 1 N–H and O–H groups in total. The van der Waals surface area contributed by atoms with Crippen molar-refractivity contribution in [3.05, 3.63) is 24.5 Å². The maximum atomic E-state index is 5.76. The Morgan fingerprint density at radius 3 is 2.75 bits per heavy atom. The lowest BCUT2D eigenvalue weighted by Crippen LogP contribution is -2.46. The van der Waals surface area contributed by atoms with Gasteiger partial charge in [-0.1, -0.05) is 11.6 Å². The van der Waals surface area contributed by atoms with Gasteiger partial charge in [0.05, 0.1) is 12.6 Å². The maximum Gasteiger partial charge on any atom is 0.153 e. The largest absolute Gasteiger partial charge is 0.376 e. The minimum Gasteiger partial charge on any atom is -0.376 e. The van der Waals surface area contributed by atoms with Crippen LogP contribution in [0.25, 0.3) is 0 Å². The Bertz CT molecular complexity index is 254. The summed E-state index contributed by atoms with van der Waals surface area (Å²) in [5.41, 5.74) is 0.835. The Labute approximate surface area is 75.7 Å². The molecule has 4 heteroatoms. The predicted molar refractivity (Wildman–Crippen MR) is 47.2 cm³/mol. The van der Waals surface area contributed by atoms with Crippen LogP contribution in [0.3, 0.4) is 0 Å². The minimum atomic E-state index is -0.196. The van der Waals surface area contributed by atoms with Crippen molar-refractivity contribution < 1.29 is 4.74 Å². The first-order valence-electron chi connectivity index (χ1n) is 3.78. The van der Waals surface area contributed by atoms with Crippen LogP contribution in [0.15, 0.2) is 24.5 Å². The van der Waals surface area contributed by atoms with Crippen LogP contribution in [0.1, 0.15) is 0 Å². The number of nitrogens with zero attached hydrogens (tertiary/aromatic N) is 1. The quantitative estimate of drug-likeness (QED) is 0.707. The van der Waals surface area contributed by atoms with Crippen LogP contribution in [0.2, 0.25) is 0 Å². The third-order valence-electron chi connectivity index (χ3n) is 1.78. The maximum absolute atomic E-state index is 5.76. The Balaban J connectivity index is 1.95. The monoisotopic (exact) mass is 184 g/mol. The van der Waals surface area contributed by atoms with E-state index in [1.165, 1.54) is 0 Å². The minimum absolute atomic E-state index is 0.196. The number of anilines is 1. The number of nitrogens with one attached hydrogen (secondary N) is 1. The van der Waals surface area contributed by atoms with Crippen LogP contribution in [-0.4, -0.2) is 23.2 Å². The molecule has 2 rings (SSSR count). The smallest absolute Gasteiger partial charge is 0.153 e. The van der Waals surface area contributed by atoms with Gasteiger partial charge in [-0.3, -0.25) is 4.98 Å². The topological polar surface area (TPSA) is 34.1 Å². The second-order valence-corrected chi connectivity index (χ2v) is 3.10. The van der Waals surface area contributed by atoms with Crippen molar-refractivity contribution in [1.29, 1.82) is 0 Å². The van der Waals surface area contributed by atoms with Gasteiger partial charge in [0.25, 0.3) is 0 Å². The molecule has 2 unspecified atom stereocenters. The molecule has 0 aromatic carbocycles. The summed E-state index contributed by atoms with van der Waals surface area (Å²) < 4.78 is 5.00. The fourth-order valence-electron chi connectivity index (χ4n) is 1.03. The first-order chi connectivity index (χ1) is 5.86. The number of pyridine rings is 1. The van der Waals surface area contributed by atoms with E-state index in [9.17, 15) is 0 Å². The Morgan fingerprint density at radius 2 is 2.25 bits per heavy atom. The normalized spacial score (nSPS) is 27.8. The third-order valence-corrected chi connectivity index (χ3v) is 2.21. The van der Waals surface area contributed by atoms with Crippen molar-refractivity contribution in [1.82, 2.24) is 4.98 Å². The van der Waals surface area contributed by atoms with Crippen molar-refractivity contribution in [3.8, 4) is 0 Å². The molecule has 1 aromatic rings. The SMILES string of the molecule is ClC1OCC1Nc1ccncc1. The van der Waals surface area contributed by atoms with Gasteiger partial charge in [-0.05, 0) is 12.1 Å². The van der Waals surface area contributed by atoms with E-state index in [4.69, 9.17) is 16.3 Å². The zero-order valence-electron chi connectivity index (χ0n) is 6.40. The summed E-state index contributed by atoms with van der Waals surface area (Å²) in [6.45, 7) is 0.677. The van der Waals surface area contributed by atoms with Crippen molar-refractivity contribution >= 4 is 17.3 Å². The molecule has 1 aromatic heterocycles. The molecule has 0 saturated carbocycles. The Hall–Kier alpha value is -0.800. The lowest BCUT2D eigenvalue weighted by Gasteiger charge is -2.33. The van der Waals surface area contributed by atoms with E-state index in [0.29, 0.717) is 6.61 Å². The second kappa shape index (κ2) is 3.29. The molecule has 1 aliphatic rings. The zero-order valence-corrected chi connectivity index (χ0v) is 7.16. The first kappa shape index (κ1) is 7.83. The van der Waals surface area contributed by atoms with Crippen LogP contribution >= 0.6 is 11.6 Å². The third kappa shape index (κ3) is 1.52. The summed E-state index contributed by atoms with van der Waals surface area (Å²) in [4.78, 5) is 3.91. The molecule has 0 aliphatic carbocycles. The van der Waals surface area contributed by atoms with Gasteiger partial charge in [0.2, 0.25) is 0 Å². The summed E-state index contributed by atoms with van der Waals surface area (Å²) in [5, 5.41) is 3.23. The van der Waals surface area contributed by atoms with E-state index >= 15 is 0 Å². The molecular weight excluding hydrogens is 176 g/mol. The predicted octanol–water partition coefficient (Wildman–Crippen LogP) is 1.46. The zero-order chi connectivity index (χ0) is 8.39. The lowest BCUT2D eigenvalue weighted by molar-refractivity contribution is -0.0107. The molecule has 0 bridgehead atoms. The summed E-state index contributed by atoms with van der Waals surface area (Å²) in [6, 6.07) is 4.04. The number of alkyl halides is 1. The number of rotatable bonds is 2. The fourth-order valence-corrected chi connectivity index (χ4v) is 1.24. The molecule has 0 radical (unpaired) electrons. The number of aromatic nitrogens is 1. The van der Waals surface area contributed by atoms with Crippen molar-refractivity contribution in [2.45, 2.75) is 11.6 Å².